The van der Waals surface area contributed by atoms with E-state index in [1.807, 2.05) is 6.92 Å². The molecule has 0 saturated carbocycles. The van der Waals surface area contributed by atoms with Crippen LogP contribution in [0, 0.1) is 18.6 Å². The largest absolute Gasteiger partial charge is 0.482 e. The Morgan fingerprint density at radius 3 is 2.17 bits per heavy atom. The maximum atomic E-state index is 15.0. The number of ether oxygens (including phenoxy) is 2. The van der Waals surface area contributed by atoms with Gasteiger partial charge in [0.25, 0.3) is 0 Å². The highest BCUT2D eigenvalue weighted by Gasteiger charge is 2.41. The van der Waals surface area contributed by atoms with Gasteiger partial charge in [0.15, 0.2) is 17.4 Å². The first kappa shape index (κ1) is 30.7. The number of hydrogen-bond donors (Lipinski definition) is 0. The second-order valence-electron chi connectivity index (χ2n) is 12.8. The number of sulfonamides is 1. The van der Waals surface area contributed by atoms with Gasteiger partial charge in [-0.25, -0.2) is 26.3 Å². The SMILES string of the molecule is Cc1ccc(CN2CC(Oc3c(F)cc(C4CCN(S(=O)(=O)C5CCN(C(=O)OC(C)(C)C)C5)CC4)cc3F)C2)cc1. The monoisotopic (exact) mass is 605 g/mol. The minimum Gasteiger partial charge on any atom is -0.482 e. The summed E-state index contributed by atoms with van der Waals surface area (Å²) < 4.78 is 69.2. The lowest BCUT2D eigenvalue weighted by atomic mass is 9.90. The van der Waals surface area contributed by atoms with Crippen molar-refractivity contribution in [2.45, 2.75) is 76.4 Å². The summed E-state index contributed by atoms with van der Waals surface area (Å²) in [6.07, 6.45) is 0.478. The van der Waals surface area contributed by atoms with Crippen LogP contribution in [-0.2, 0) is 21.3 Å². The third-order valence-corrected chi connectivity index (χ3v) is 10.6. The minimum absolute atomic E-state index is 0.0970. The number of carbonyl (C=O) groups excluding carboxylic acids is 1. The predicted octanol–water partition coefficient (Wildman–Crippen LogP) is 5.06. The number of hydrogen-bond acceptors (Lipinski definition) is 6. The number of halogens is 2. The highest BCUT2D eigenvalue weighted by molar-refractivity contribution is 7.89. The van der Waals surface area contributed by atoms with E-state index < -0.39 is 38.6 Å². The fraction of sp³-hybridized carbons (Fsp3) is 0.581. The molecule has 0 N–H and O–H groups in total. The van der Waals surface area contributed by atoms with Gasteiger partial charge in [-0.05, 0) is 76.1 Å². The Kier molecular flexibility index (Phi) is 8.83. The highest BCUT2D eigenvalue weighted by Crippen LogP contribution is 2.35. The van der Waals surface area contributed by atoms with Gasteiger partial charge in [-0.15, -0.1) is 0 Å². The number of piperidine rings is 1. The summed E-state index contributed by atoms with van der Waals surface area (Å²) >= 11 is 0. The second-order valence-corrected chi connectivity index (χ2v) is 15.0. The molecule has 0 radical (unpaired) electrons. The number of amides is 1. The molecule has 1 unspecified atom stereocenters. The molecule has 0 spiro atoms. The highest BCUT2D eigenvalue weighted by atomic mass is 32.2. The van der Waals surface area contributed by atoms with Gasteiger partial charge in [0, 0.05) is 45.8 Å². The lowest BCUT2D eigenvalue weighted by Crippen LogP contribution is -2.53. The van der Waals surface area contributed by atoms with Crippen LogP contribution in [0.1, 0.15) is 62.6 Å². The zero-order valence-corrected chi connectivity index (χ0v) is 25.6. The first-order chi connectivity index (χ1) is 19.8. The van der Waals surface area contributed by atoms with E-state index in [9.17, 15) is 13.2 Å². The zero-order valence-electron chi connectivity index (χ0n) is 24.8. The number of benzene rings is 2. The molecule has 0 aromatic heterocycles. The van der Waals surface area contributed by atoms with Gasteiger partial charge in [-0.2, -0.15) is 0 Å². The van der Waals surface area contributed by atoms with Crippen LogP contribution < -0.4 is 4.74 Å². The summed E-state index contributed by atoms with van der Waals surface area (Å²) in [6.45, 7) is 10.3. The van der Waals surface area contributed by atoms with Crippen LogP contribution in [0.3, 0.4) is 0 Å². The third-order valence-electron chi connectivity index (χ3n) is 8.26. The molecule has 42 heavy (non-hydrogen) atoms. The third kappa shape index (κ3) is 7.06. The van der Waals surface area contributed by atoms with Crippen molar-refractivity contribution in [2.24, 2.45) is 0 Å². The normalized spacial score (nSPS) is 21.4. The number of nitrogens with zero attached hydrogens (tertiary/aromatic N) is 3. The van der Waals surface area contributed by atoms with Gasteiger partial charge in [0.2, 0.25) is 10.0 Å². The van der Waals surface area contributed by atoms with Gasteiger partial charge < -0.3 is 14.4 Å². The van der Waals surface area contributed by atoms with Crippen LogP contribution in [0.4, 0.5) is 13.6 Å². The van der Waals surface area contributed by atoms with Crippen LogP contribution in [0.15, 0.2) is 36.4 Å². The van der Waals surface area contributed by atoms with E-state index in [1.54, 1.807) is 20.8 Å². The Morgan fingerprint density at radius 2 is 1.57 bits per heavy atom. The molecule has 2 aromatic carbocycles. The zero-order chi connectivity index (χ0) is 30.2. The first-order valence-corrected chi connectivity index (χ1v) is 16.2. The minimum atomic E-state index is -3.63. The molecule has 0 aliphatic carbocycles. The van der Waals surface area contributed by atoms with Crippen molar-refractivity contribution in [3.8, 4) is 5.75 Å². The van der Waals surface area contributed by atoms with E-state index in [4.69, 9.17) is 9.47 Å². The summed E-state index contributed by atoms with van der Waals surface area (Å²) in [5, 5.41) is -0.688. The fourth-order valence-electron chi connectivity index (χ4n) is 5.89. The van der Waals surface area contributed by atoms with E-state index in [0.717, 1.165) is 6.54 Å². The molecule has 1 amide bonds. The Hall–Kier alpha value is -2.76. The van der Waals surface area contributed by atoms with E-state index >= 15 is 8.78 Å². The van der Waals surface area contributed by atoms with Crippen LogP contribution in [0.5, 0.6) is 5.75 Å². The van der Waals surface area contributed by atoms with Crippen LogP contribution in [0.25, 0.3) is 0 Å². The molecule has 11 heteroatoms. The number of rotatable bonds is 7. The second kappa shape index (κ2) is 12.1. The first-order valence-electron chi connectivity index (χ1n) is 14.7. The summed E-state index contributed by atoms with van der Waals surface area (Å²) in [6, 6.07) is 10.9. The van der Waals surface area contributed by atoms with Crippen molar-refractivity contribution in [2.75, 3.05) is 39.3 Å². The van der Waals surface area contributed by atoms with Gasteiger partial charge >= 0.3 is 6.09 Å². The summed E-state index contributed by atoms with van der Waals surface area (Å²) in [4.78, 5) is 16.0. The fourth-order valence-corrected chi connectivity index (χ4v) is 7.80. The van der Waals surface area contributed by atoms with Crippen LogP contribution in [0.2, 0.25) is 0 Å². The maximum Gasteiger partial charge on any atom is 0.410 e. The molecule has 0 bridgehead atoms. The molecule has 3 heterocycles. The molecule has 3 saturated heterocycles. The average molecular weight is 606 g/mol. The van der Waals surface area contributed by atoms with Crippen molar-refractivity contribution >= 4 is 16.1 Å². The Morgan fingerprint density at radius 1 is 0.952 bits per heavy atom. The average Bonchev–Trinajstić information content (AvgIpc) is 3.41. The van der Waals surface area contributed by atoms with E-state index in [1.165, 1.54) is 32.5 Å². The topological polar surface area (TPSA) is 79.4 Å². The molecule has 1 atom stereocenters. The summed E-state index contributed by atoms with van der Waals surface area (Å²) in [5.74, 6) is -1.98. The Bertz CT molecular complexity index is 1360. The molecule has 3 fully saturated rings. The van der Waals surface area contributed by atoms with Crippen molar-refractivity contribution in [1.82, 2.24) is 14.1 Å². The van der Waals surface area contributed by atoms with Crippen molar-refractivity contribution in [3.05, 3.63) is 64.7 Å². The van der Waals surface area contributed by atoms with Crippen LogP contribution in [-0.4, -0.2) is 84.8 Å². The quantitative estimate of drug-likeness (QED) is 0.440. The number of carbonyl (C=O) groups is 1. The smallest absolute Gasteiger partial charge is 0.410 e. The van der Waals surface area contributed by atoms with E-state index in [-0.39, 0.29) is 37.4 Å². The molecule has 2 aromatic rings. The lowest BCUT2D eigenvalue weighted by Gasteiger charge is -2.39. The van der Waals surface area contributed by atoms with Crippen molar-refractivity contribution in [3.63, 3.8) is 0 Å². The predicted molar refractivity (Wildman–Crippen MR) is 156 cm³/mol. The number of aryl methyl sites for hydroxylation is 1. The van der Waals surface area contributed by atoms with Gasteiger partial charge in [-0.3, -0.25) is 4.90 Å². The molecule has 8 nitrogen and oxygen atoms in total. The van der Waals surface area contributed by atoms with Gasteiger partial charge in [0.1, 0.15) is 11.7 Å². The van der Waals surface area contributed by atoms with Gasteiger partial charge in [-0.1, -0.05) is 29.8 Å². The maximum absolute atomic E-state index is 15.0. The molecule has 3 aliphatic heterocycles. The number of likely N-dealkylation sites (tertiary alicyclic amines) is 2. The Balaban J connectivity index is 1.12. The molecule has 5 rings (SSSR count). The summed E-state index contributed by atoms with van der Waals surface area (Å²) in [7, 11) is -3.63. The van der Waals surface area contributed by atoms with Crippen molar-refractivity contribution in [1.29, 1.82) is 0 Å². The van der Waals surface area contributed by atoms with Crippen LogP contribution >= 0.6 is 0 Å². The van der Waals surface area contributed by atoms with Crippen molar-refractivity contribution < 1.29 is 31.5 Å². The van der Waals surface area contributed by atoms with E-state index in [0.29, 0.717) is 44.5 Å². The Labute approximate surface area is 247 Å². The van der Waals surface area contributed by atoms with Gasteiger partial charge in [0.05, 0.1) is 5.25 Å². The lowest BCUT2D eigenvalue weighted by molar-refractivity contribution is 0.00987. The molecule has 3 aliphatic rings. The van der Waals surface area contributed by atoms with E-state index in [2.05, 4.69) is 29.2 Å². The molecule has 230 valence electrons. The standard InChI is InChI=1S/C31H41F2N3O5S/c1-21-5-7-22(8-6-21)17-34-18-25(19-34)40-29-27(32)15-24(16-28(29)33)23-9-13-36(14-10-23)42(38,39)26-11-12-35(20-26)30(37)41-31(2,3)4/h5-8,15-16,23,25-26H,9-14,17-20H2,1-4H3. The molecular formula is C31H41F2N3O5S. The molecular weight excluding hydrogens is 564 g/mol. The summed E-state index contributed by atoms with van der Waals surface area (Å²) in [5.41, 5.74) is 2.25.